The number of rotatable bonds is 7. The molecule has 0 saturated carbocycles. The van der Waals surface area contributed by atoms with Crippen LogP contribution in [0.15, 0.2) is 84.9 Å². The van der Waals surface area contributed by atoms with Gasteiger partial charge in [-0.1, -0.05) is 91.9 Å². The van der Waals surface area contributed by atoms with Crippen molar-refractivity contribution in [3.05, 3.63) is 107 Å². The Morgan fingerprint density at radius 3 is 2.53 bits per heavy atom. The fourth-order valence-electron chi connectivity index (χ4n) is 3.93. The zero-order chi connectivity index (χ0) is 20.8. The summed E-state index contributed by atoms with van der Waals surface area (Å²) in [6.45, 7) is 3.35. The van der Waals surface area contributed by atoms with Gasteiger partial charge >= 0.3 is 0 Å². The van der Waals surface area contributed by atoms with Crippen molar-refractivity contribution in [3.63, 3.8) is 0 Å². The lowest BCUT2D eigenvalue weighted by Crippen LogP contribution is -2.32. The Hall–Kier alpha value is -3.33. The van der Waals surface area contributed by atoms with E-state index in [0.29, 0.717) is 13.2 Å². The van der Waals surface area contributed by atoms with Crippen LogP contribution in [-0.4, -0.2) is 12.5 Å². The maximum Gasteiger partial charge on any atom is 0.228 e. The molecule has 152 valence electrons. The molecule has 1 amide bonds. The number of hydrogen-bond donors (Lipinski definition) is 1. The molecule has 0 aromatic heterocycles. The number of amides is 1. The van der Waals surface area contributed by atoms with Crippen LogP contribution in [0, 0.1) is 5.92 Å². The molecular weight excluding hydrogens is 370 g/mol. The number of carbonyl (C=O) groups is 1. The van der Waals surface area contributed by atoms with Gasteiger partial charge in [0.15, 0.2) is 0 Å². The van der Waals surface area contributed by atoms with Crippen molar-refractivity contribution in [2.45, 2.75) is 25.8 Å². The average molecular weight is 398 g/mol. The second-order valence-electron chi connectivity index (χ2n) is 7.78. The van der Waals surface area contributed by atoms with Crippen molar-refractivity contribution in [2.24, 2.45) is 5.92 Å². The van der Waals surface area contributed by atoms with Gasteiger partial charge in [-0.05, 0) is 34.2 Å². The third-order valence-corrected chi connectivity index (χ3v) is 5.58. The molecule has 2 atom stereocenters. The highest BCUT2D eigenvalue weighted by Crippen LogP contribution is 2.33. The number of benzene rings is 3. The average Bonchev–Trinajstić information content (AvgIpc) is 3.26. The first-order valence-electron chi connectivity index (χ1n) is 10.5. The van der Waals surface area contributed by atoms with Crippen LogP contribution in [0.2, 0.25) is 0 Å². The van der Waals surface area contributed by atoms with E-state index in [0.717, 1.165) is 28.9 Å². The zero-order valence-corrected chi connectivity index (χ0v) is 17.3. The second-order valence-corrected chi connectivity index (χ2v) is 7.78. The van der Waals surface area contributed by atoms with E-state index >= 15 is 0 Å². The Bertz CT molecular complexity index is 1010. The minimum atomic E-state index is -0.264. The SMILES string of the molecule is C[C@@H](/C=C/c1ccccc1)[C@H](C(=O)NCc1ccccc1)c1ccc2c(c1)CCO2. The minimum Gasteiger partial charge on any atom is -0.493 e. The van der Waals surface area contributed by atoms with Crippen molar-refractivity contribution in [2.75, 3.05) is 6.61 Å². The number of carbonyl (C=O) groups excluding carboxylic acids is 1. The van der Waals surface area contributed by atoms with Gasteiger partial charge in [-0.25, -0.2) is 0 Å². The van der Waals surface area contributed by atoms with Gasteiger partial charge in [-0.15, -0.1) is 0 Å². The Morgan fingerprint density at radius 1 is 1.03 bits per heavy atom. The topological polar surface area (TPSA) is 38.3 Å². The maximum absolute atomic E-state index is 13.3. The lowest BCUT2D eigenvalue weighted by molar-refractivity contribution is -0.123. The minimum absolute atomic E-state index is 0.0429. The van der Waals surface area contributed by atoms with Crippen molar-refractivity contribution in [1.29, 1.82) is 0 Å². The van der Waals surface area contributed by atoms with Gasteiger partial charge in [0.05, 0.1) is 12.5 Å². The van der Waals surface area contributed by atoms with Crippen LogP contribution >= 0.6 is 0 Å². The van der Waals surface area contributed by atoms with E-state index in [-0.39, 0.29) is 17.7 Å². The van der Waals surface area contributed by atoms with E-state index in [4.69, 9.17) is 4.74 Å². The van der Waals surface area contributed by atoms with E-state index in [1.54, 1.807) is 0 Å². The summed E-state index contributed by atoms with van der Waals surface area (Å²) in [6, 6.07) is 26.4. The molecule has 0 fully saturated rings. The summed E-state index contributed by atoms with van der Waals surface area (Å²) >= 11 is 0. The second kappa shape index (κ2) is 9.45. The Morgan fingerprint density at radius 2 is 1.77 bits per heavy atom. The normalized spacial score (nSPS) is 14.7. The molecule has 3 aromatic rings. The first kappa shape index (κ1) is 20.0. The smallest absolute Gasteiger partial charge is 0.228 e. The lowest BCUT2D eigenvalue weighted by Gasteiger charge is -2.22. The van der Waals surface area contributed by atoms with Crippen molar-refractivity contribution < 1.29 is 9.53 Å². The van der Waals surface area contributed by atoms with E-state index < -0.39 is 0 Å². The van der Waals surface area contributed by atoms with Crippen LogP contribution in [0.5, 0.6) is 5.75 Å². The highest BCUT2D eigenvalue weighted by Gasteiger charge is 2.27. The predicted octanol–water partition coefficient (Wildman–Crippen LogP) is 5.37. The molecule has 0 aliphatic carbocycles. The van der Waals surface area contributed by atoms with Crippen molar-refractivity contribution in [3.8, 4) is 5.75 Å². The Labute approximate surface area is 178 Å². The van der Waals surface area contributed by atoms with Gasteiger partial charge in [-0.2, -0.15) is 0 Å². The summed E-state index contributed by atoms with van der Waals surface area (Å²) < 4.78 is 5.65. The molecule has 3 aromatic carbocycles. The van der Waals surface area contributed by atoms with E-state index in [1.807, 2.05) is 60.7 Å². The van der Waals surface area contributed by atoms with Gasteiger partial charge in [0.25, 0.3) is 0 Å². The standard InChI is InChI=1S/C27H27NO2/c1-20(12-13-21-8-4-2-5-9-21)26(24-14-15-25-23(18-24)16-17-30-25)27(29)28-19-22-10-6-3-7-11-22/h2-15,18,20,26H,16-17,19H2,1H3,(H,28,29)/b13-12+/t20-,26-/m0/s1. The summed E-state index contributed by atoms with van der Waals surface area (Å²) in [5, 5.41) is 3.14. The van der Waals surface area contributed by atoms with Gasteiger partial charge in [0.2, 0.25) is 5.91 Å². The van der Waals surface area contributed by atoms with Crippen molar-refractivity contribution in [1.82, 2.24) is 5.32 Å². The maximum atomic E-state index is 13.3. The van der Waals surface area contributed by atoms with Gasteiger partial charge < -0.3 is 10.1 Å². The molecule has 1 aliphatic rings. The highest BCUT2D eigenvalue weighted by molar-refractivity contribution is 5.84. The number of fused-ring (bicyclic) bond motifs is 1. The Balaban J connectivity index is 1.57. The number of ether oxygens (including phenoxy) is 1. The highest BCUT2D eigenvalue weighted by atomic mass is 16.5. The monoisotopic (exact) mass is 397 g/mol. The predicted molar refractivity (Wildman–Crippen MR) is 121 cm³/mol. The fraction of sp³-hybridized carbons (Fsp3) is 0.222. The lowest BCUT2D eigenvalue weighted by atomic mass is 9.84. The Kier molecular flexibility index (Phi) is 6.29. The van der Waals surface area contributed by atoms with E-state index in [2.05, 4.69) is 42.6 Å². The molecule has 0 radical (unpaired) electrons. The summed E-state index contributed by atoms with van der Waals surface area (Å²) in [5.41, 5.74) is 4.46. The summed E-state index contributed by atoms with van der Waals surface area (Å²) in [7, 11) is 0. The summed E-state index contributed by atoms with van der Waals surface area (Å²) in [4.78, 5) is 13.3. The molecule has 0 bridgehead atoms. The summed E-state index contributed by atoms with van der Waals surface area (Å²) in [6.07, 6.45) is 5.13. The molecule has 3 nitrogen and oxygen atoms in total. The molecule has 3 heteroatoms. The molecule has 30 heavy (non-hydrogen) atoms. The third-order valence-electron chi connectivity index (χ3n) is 5.58. The van der Waals surface area contributed by atoms with Crippen LogP contribution in [0.25, 0.3) is 6.08 Å². The largest absolute Gasteiger partial charge is 0.493 e. The van der Waals surface area contributed by atoms with Crippen LogP contribution in [0.3, 0.4) is 0 Å². The molecule has 4 rings (SSSR count). The molecule has 1 aliphatic heterocycles. The van der Waals surface area contributed by atoms with Crippen molar-refractivity contribution >= 4 is 12.0 Å². The molecule has 1 N–H and O–H groups in total. The third kappa shape index (κ3) is 4.80. The number of hydrogen-bond acceptors (Lipinski definition) is 2. The van der Waals surface area contributed by atoms with Gasteiger partial charge in [0, 0.05) is 13.0 Å². The number of nitrogens with one attached hydrogen (secondary N) is 1. The van der Waals surface area contributed by atoms with Crippen LogP contribution in [-0.2, 0) is 17.8 Å². The molecule has 1 heterocycles. The molecular formula is C27H27NO2. The van der Waals surface area contributed by atoms with Gasteiger partial charge in [0.1, 0.15) is 5.75 Å². The zero-order valence-electron chi connectivity index (χ0n) is 17.3. The van der Waals surface area contributed by atoms with E-state index in [9.17, 15) is 4.79 Å². The fourth-order valence-corrected chi connectivity index (χ4v) is 3.93. The quantitative estimate of drug-likeness (QED) is 0.582. The van der Waals surface area contributed by atoms with Crippen LogP contribution in [0.1, 0.15) is 35.1 Å². The van der Waals surface area contributed by atoms with E-state index in [1.165, 1.54) is 5.56 Å². The molecule has 0 spiro atoms. The summed E-state index contributed by atoms with van der Waals surface area (Å²) in [5.74, 6) is 0.763. The van der Waals surface area contributed by atoms with Crippen LogP contribution < -0.4 is 10.1 Å². The molecule has 0 saturated heterocycles. The first-order chi connectivity index (χ1) is 14.7. The molecule has 0 unspecified atom stereocenters. The first-order valence-corrected chi connectivity index (χ1v) is 10.5. The van der Waals surface area contributed by atoms with Gasteiger partial charge in [-0.3, -0.25) is 4.79 Å². The van der Waals surface area contributed by atoms with Crippen LogP contribution in [0.4, 0.5) is 0 Å². The number of allylic oxidation sites excluding steroid dienone is 1.